The molecule has 0 saturated carbocycles. The van der Waals surface area contributed by atoms with Crippen LogP contribution in [0.3, 0.4) is 0 Å². The van der Waals surface area contributed by atoms with Crippen molar-refractivity contribution in [2.45, 2.75) is 19.4 Å². The Labute approximate surface area is 204 Å². The summed E-state index contributed by atoms with van der Waals surface area (Å²) in [5.74, 6) is -0.623. The number of amides is 1. The van der Waals surface area contributed by atoms with Gasteiger partial charge in [0.1, 0.15) is 11.6 Å². The lowest BCUT2D eigenvalue weighted by atomic mass is 10.0. The van der Waals surface area contributed by atoms with E-state index in [0.29, 0.717) is 43.4 Å². The molecule has 1 aliphatic rings. The summed E-state index contributed by atoms with van der Waals surface area (Å²) in [6.07, 6.45) is 3.95. The van der Waals surface area contributed by atoms with Gasteiger partial charge in [0.05, 0.1) is 18.4 Å². The minimum Gasteiger partial charge on any atom is -0.347 e. The number of nitrogens with one attached hydrogen (secondary N) is 2. The van der Waals surface area contributed by atoms with Crippen LogP contribution in [0.15, 0.2) is 47.7 Å². The van der Waals surface area contributed by atoms with E-state index in [1.54, 1.807) is 31.6 Å². The van der Waals surface area contributed by atoms with Gasteiger partial charge >= 0.3 is 0 Å². The van der Waals surface area contributed by atoms with Crippen molar-refractivity contribution in [2.75, 3.05) is 45.1 Å². The number of benzene rings is 1. The van der Waals surface area contributed by atoms with Crippen molar-refractivity contribution in [3.05, 3.63) is 59.9 Å². The van der Waals surface area contributed by atoms with Crippen molar-refractivity contribution in [1.29, 1.82) is 0 Å². The van der Waals surface area contributed by atoms with Gasteiger partial charge in [-0.25, -0.2) is 8.78 Å². The zero-order valence-corrected chi connectivity index (χ0v) is 20.6. The molecule has 1 aromatic carbocycles. The van der Waals surface area contributed by atoms with Crippen LogP contribution in [0.5, 0.6) is 0 Å². The molecule has 10 heteroatoms. The number of carbonyl (C=O) groups excluding carboxylic acids is 1. The minimum absolute atomic E-state index is 0. The topological polar surface area (TPSA) is 72.9 Å². The molecule has 1 amide bonds. The van der Waals surface area contributed by atoms with Crippen LogP contribution in [0.4, 0.5) is 14.5 Å². The van der Waals surface area contributed by atoms with Gasteiger partial charge < -0.3 is 15.5 Å². The molecule has 32 heavy (non-hydrogen) atoms. The van der Waals surface area contributed by atoms with E-state index >= 15 is 0 Å². The van der Waals surface area contributed by atoms with Crippen LogP contribution in [0, 0.1) is 11.6 Å². The van der Waals surface area contributed by atoms with E-state index in [9.17, 15) is 13.6 Å². The maximum atomic E-state index is 14.3. The van der Waals surface area contributed by atoms with E-state index in [-0.39, 0.29) is 42.5 Å². The number of aliphatic imine (C=N–C) groups is 1. The summed E-state index contributed by atoms with van der Waals surface area (Å²) in [7, 11) is 1.68. The summed E-state index contributed by atoms with van der Waals surface area (Å²) >= 11 is 0. The van der Waals surface area contributed by atoms with Gasteiger partial charge in [-0.2, -0.15) is 0 Å². The number of pyridine rings is 1. The van der Waals surface area contributed by atoms with E-state index in [0.717, 1.165) is 12.5 Å². The molecule has 1 aromatic heterocycles. The molecule has 0 aliphatic carbocycles. The van der Waals surface area contributed by atoms with Gasteiger partial charge in [0.25, 0.3) is 0 Å². The minimum atomic E-state index is -0.566. The largest absolute Gasteiger partial charge is 0.347 e. The first kappa shape index (κ1) is 25.9. The summed E-state index contributed by atoms with van der Waals surface area (Å²) in [5, 5.41) is 5.86. The van der Waals surface area contributed by atoms with Crippen molar-refractivity contribution in [3.63, 3.8) is 0 Å². The van der Waals surface area contributed by atoms with Crippen molar-refractivity contribution < 1.29 is 13.6 Å². The molecule has 0 radical (unpaired) electrons. The number of guanidine groups is 1. The quantitative estimate of drug-likeness (QED) is 0.324. The molecular formula is C22H29F2IN6O. The van der Waals surface area contributed by atoms with Gasteiger partial charge in [-0.3, -0.25) is 19.7 Å². The molecule has 2 heterocycles. The first-order chi connectivity index (χ1) is 15.0. The van der Waals surface area contributed by atoms with Gasteiger partial charge in [0.15, 0.2) is 5.96 Å². The number of hydrogen-bond donors (Lipinski definition) is 2. The average molecular weight is 558 g/mol. The number of aromatic nitrogens is 1. The van der Waals surface area contributed by atoms with Crippen LogP contribution >= 0.6 is 24.0 Å². The smallest absolute Gasteiger partial charge is 0.243 e. The number of rotatable bonds is 6. The lowest BCUT2D eigenvalue weighted by Crippen LogP contribution is -2.53. The lowest BCUT2D eigenvalue weighted by Gasteiger charge is -2.40. The molecule has 2 aromatic rings. The van der Waals surface area contributed by atoms with E-state index < -0.39 is 11.6 Å². The van der Waals surface area contributed by atoms with Crippen LogP contribution in [-0.4, -0.2) is 66.4 Å². The van der Waals surface area contributed by atoms with E-state index in [1.807, 2.05) is 6.92 Å². The second-order valence-corrected chi connectivity index (χ2v) is 7.30. The Hall–Kier alpha value is -2.34. The molecule has 3 rings (SSSR count). The zero-order valence-electron chi connectivity index (χ0n) is 18.2. The lowest BCUT2D eigenvalue weighted by molar-refractivity contribution is -0.115. The number of anilines is 1. The highest BCUT2D eigenvalue weighted by atomic mass is 127. The van der Waals surface area contributed by atoms with E-state index in [1.165, 1.54) is 12.1 Å². The fourth-order valence-corrected chi connectivity index (χ4v) is 3.83. The average Bonchev–Trinajstić information content (AvgIpc) is 2.77. The van der Waals surface area contributed by atoms with Crippen LogP contribution in [0.2, 0.25) is 0 Å². The maximum Gasteiger partial charge on any atom is 0.243 e. The fraction of sp³-hybridized carbons (Fsp3) is 0.409. The predicted octanol–water partition coefficient (Wildman–Crippen LogP) is 3.26. The summed E-state index contributed by atoms with van der Waals surface area (Å²) in [5.41, 5.74) is 1.16. The van der Waals surface area contributed by atoms with Gasteiger partial charge in [0.2, 0.25) is 5.91 Å². The second-order valence-electron chi connectivity index (χ2n) is 7.30. The highest BCUT2D eigenvalue weighted by Crippen LogP contribution is 2.28. The molecular weight excluding hydrogens is 529 g/mol. The molecule has 1 unspecified atom stereocenters. The summed E-state index contributed by atoms with van der Waals surface area (Å²) in [6.45, 7) is 4.86. The normalized spacial score (nSPS) is 15.6. The third kappa shape index (κ3) is 6.83. The van der Waals surface area contributed by atoms with Gasteiger partial charge in [-0.05, 0) is 24.6 Å². The molecule has 0 spiro atoms. The van der Waals surface area contributed by atoms with Gasteiger partial charge in [0, 0.05) is 57.1 Å². The Morgan fingerprint density at radius 2 is 1.97 bits per heavy atom. The van der Waals surface area contributed by atoms with Crippen molar-refractivity contribution in [1.82, 2.24) is 20.1 Å². The van der Waals surface area contributed by atoms with Crippen molar-refractivity contribution in [3.8, 4) is 0 Å². The van der Waals surface area contributed by atoms with E-state index in [2.05, 4.69) is 30.4 Å². The van der Waals surface area contributed by atoms with Crippen LogP contribution < -0.4 is 10.6 Å². The Morgan fingerprint density at radius 1 is 1.22 bits per heavy atom. The first-order valence-electron chi connectivity index (χ1n) is 10.4. The number of nitrogens with zero attached hydrogens (tertiary/aromatic N) is 4. The Morgan fingerprint density at radius 3 is 2.56 bits per heavy atom. The van der Waals surface area contributed by atoms with Crippen molar-refractivity contribution >= 4 is 41.5 Å². The van der Waals surface area contributed by atoms with Crippen LogP contribution in [-0.2, 0) is 4.79 Å². The molecule has 1 saturated heterocycles. The second kappa shape index (κ2) is 12.6. The fourth-order valence-electron chi connectivity index (χ4n) is 3.83. The summed E-state index contributed by atoms with van der Waals surface area (Å²) in [6, 6.07) is 7.20. The van der Waals surface area contributed by atoms with Crippen LogP contribution in [0.1, 0.15) is 24.9 Å². The molecule has 0 bridgehead atoms. The molecule has 1 atom stereocenters. The third-order valence-corrected chi connectivity index (χ3v) is 5.33. The SMILES string of the molecule is CCC(c1ccc(F)cc1F)N1CCN(C(=NC)NCC(=O)Nc2cccnc2)CC1.I. The third-order valence-electron chi connectivity index (χ3n) is 5.33. The number of piperazine rings is 1. The van der Waals surface area contributed by atoms with E-state index in [4.69, 9.17) is 0 Å². The first-order valence-corrected chi connectivity index (χ1v) is 10.4. The number of carbonyl (C=O) groups is 1. The zero-order chi connectivity index (χ0) is 22.2. The standard InChI is InChI=1S/C22H28F2N6O.HI/c1-3-20(18-7-6-16(23)13-19(18)24)29-9-11-30(12-10-29)22(25-2)27-15-21(31)28-17-5-4-8-26-14-17;/h4-8,13-14,20H,3,9-12,15H2,1-2H3,(H,25,27)(H,28,31);1H. The Kier molecular flexibility index (Phi) is 10.2. The Balaban J connectivity index is 0.00000363. The molecule has 174 valence electrons. The highest BCUT2D eigenvalue weighted by molar-refractivity contribution is 14.0. The number of hydrogen-bond acceptors (Lipinski definition) is 4. The molecule has 1 aliphatic heterocycles. The molecule has 7 nitrogen and oxygen atoms in total. The van der Waals surface area contributed by atoms with Gasteiger partial charge in [-0.1, -0.05) is 13.0 Å². The molecule has 2 N–H and O–H groups in total. The van der Waals surface area contributed by atoms with Gasteiger partial charge in [-0.15, -0.1) is 24.0 Å². The predicted molar refractivity (Wildman–Crippen MR) is 132 cm³/mol. The highest BCUT2D eigenvalue weighted by Gasteiger charge is 2.27. The monoisotopic (exact) mass is 558 g/mol. The summed E-state index contributed by atoms with van der Waals surface area (Å²) in [4.78, 5) is 24.7. The summed E-state index contributed by atoms with van der Waals surface area (Å²) < 4.78 is 27.6. The van der Waals surface area contributed by atoms with Crippen LogP contribution in [0.25, 0.3) is 0 Å². The Bertz CT molecular complexity index is 907. The maximum absolute atomic E-state index is 14.3. The number of halogens is 3. The van der Waals surface area contributed by atoms with Crippen molar-refractivity contribution in [2.24, 2.45) is 4.99 Å². The molecule has 1 fully saturated rings.